The Morgan fingerprint density at radius 2 is 1.86 bits per heavy atom. The van der Waals surface area contributed by atoms with Gasteiger partial charge in [0.05, 0.1) is 0 Å². The van der Waals surface area contributed by atoms with Gasteiger partial charge in [0.1, 0.15) is 0 Å². The van der Waals surface area contributed by atoms with E-state index < -0.39 is 15.9 Å². The third kappa shape index (κ3) is 6.49. The monoisotopic (exact) mass is 163 g/mol. The van der Waals surface area contributed by atoms with Crippen LogP contribution >= 0.6 is 23.2 Å². The van der Waals surface area contributed by atoms with Crippen LogP contribution in [-0.4, -0.2) is 13.4 Å². The lowest BCUT2D eigenvalue weighted by Gasteiger charge is -1.89. The first-order valence-corrected chi connectivity index (χ1v) is 3.36. The van der Waals surface area contributed by atoms with Crippen molar-refractivity contribution in [3.8, 4) is 0 Å². The summed E-state index contributed by atoms with van der Waals surface area (Å²) in [6.45, 7) is 0. The highest BCUT2D eigenvalue weighted by Gasteiger charge is 1.93. The highest BCUT2D eigenvalue weighted by Crippen LogP contribution is 1.93. The van der Waals surface area contributed by atoms with E-state index in [2.05, 4.69) is 0 Å². The van der Waals surface area contributed by atoms with Gasteiger partial charge in [-0.3, -0.25) is 0 Å². The van der Waals surface area contributed by atoms with Crippen LogP contribution in [0.4, 0.5) is 0 Å². The Morgan fingerprint density at radius 1 is 1.43 bits per heavy atom. The topological polar surface area (TPSA) is 46.2 Å². The maximum atomic E-state index is 9.57. The molecule has 0 aromatic heterocycles. The molecule has 0 spiro atoms. The van der Waals surface area contributed by atoms with E-state index in [9.17, 15) is 8.42 Å². The van der Waals surface area contributed by atoms with E-state index in [0.29, 0.717) is 0 Å². The van der Waals surface area contributed by atoms with E-state index in [1.54, 1.807) is 4.72 Å². The first-order valence-electron chi connectivity index (χ1n) is 1.31. The lowest BCUT2D eigenvalue weighted by atomic mass is 11.5. The minimum Gasteiger partial charge on any atom is -0.215 e. The molecule has 0 aromatic rings. The van der Waals surface area contributed by atoms with E-state index in [-0.39, 0.29) is 0 Å². The minimum absolute atomic E-state index is 1.03. The Hall–Kier alpha value is 0.490. The van der Waals surface area contributed by atoms with E-state index in [1.165, 1.54) is 0 Å². The molecule has 0 saturated carbocycles. The van der Waals surface area contributed by atoms with Crippen LogP contribution in [0.5, 0.6) is 0 Å². The van der Waals surface area contributed by atoms with E-state index in [4.69, 9.17) is 23.2 Å². The molecule has 44 valence electrons. The Labute approximate surface area is 52.7 Å². The average molecular weight is 164 g/mol. The van der Waals surface area contributed by atoms with Crippen LogP contribution in [0.3, 0.4) is 0 Å². The molecule has 0 aliphatic heterocycles. The molecule has 0 rings (SSSR count). The zero-order valence-corrected chi connectivity index (χ0v) is 5.50. The number of hydrogen-bond acceptors (Lipinski definition) is 2. The van der Waals surface area contributed by atoms with E-state index >= 15 is 0 Å². The fraction of sp³-hybridized carbons (Fsp3) is 1.00. The number of hydrogen-bond donors (Lipinski definition) is 2. The quantitative estimate of drug-likeness (QED) is 0.339. The molecule has 0 amide bonds. The summed E-state index contributed by atoms with van der Waals surface area (Å²) < 4.78 is 20.9. The van der Waals surface area contributed by atoms with Crippen molar-refractivity contribution in [2.45, 2.75) is 4.96 Å². The highest BCUT2D eigenvalue weighted by atomic mass is 35.5. The smallest absolute Gasteiger partial charge is 0.203 e. The average Bonchev–Trinajstić information content (AvgIpc) is 1.27. The first kappa shape index (κ1) is 7.49. The lowest BCUT2D eigenvalue weighted by Crippen LogP contribution is -2.15. The minimum atomic E-state index is -2.65. The van der Waals surface area contributed by atoms with Crippen LogP contribution < -0.4 is 4.72 Å². The molecular weight excluding hydrogens is 161 g/mol. The highest BCUT2D eigenvalue weighted by molar-refractivity contribution is 7.70. The van der Waals surface area contributed by atoms with Crippen LogP contribution in [-0.2, 0) is 10.9 Å². The third-order valence-electron chi connectivity index (χ3n) is 0.203. The van der Waals surface area contributed by atoms with Crippen molar-refractivity contribution in [1.82, 2.24) is 4.72 Å². The summed E-state index contributed by atoms with van der Waals surface area (Å²) in [5, 5.41) is 0. The first-order chi connectivity index (χ1) is 3.13. The summed E-state index contributed by atoms with van der Waals surface area (Å²) in [5.41, 5.74) is 0. The molecule has 0 aromatic carbocycles. The molecule has 0 heterocycles. The Bertz CT molecular complexity index is 102. The van der Waals surface area contributed by atoms with Crippen molar-refractivity contribution in [3.63, 3.8) is 0 Å². The van der Waals surface area contributed by atoms with Gasteiger partial charge >= 0.3 is 0 Å². The second kappa shape index (κ2) is 3.49. The fourth-order valence-electron chi connectivity index (χ4n) is 0.0797. The van der Waals surface area contributed by atoms with Gasteiger partial charge in [-0.1, -0.05) is 23.2 Å². The Balaban J connectivity index is 3.32. The lowest BCUT2D eigenvalue weighted by molar-refractivity contribution is 0.605. The Morgan fingerprint density at radius 3 is 1.86 bits per heavy atom. The van der Waals surface area contributed by atoms with Crippen molar-refractivity contribution >= 4 is 34.1 Å². The molecule has 6 heteroatoms. The summed E-state index contributed by atoms with van der Waals surface area (Å²) in [4.78, 5) is -1.03. The second-order valence-corrected chi connectivity index (χ2v) is 2.56. The van der Waals surface area contributed by atoms with Gasteiger partial charge in [-0.05, 0) is 0 Å². The van der Waals surface area contributed by atoms with E-state index in [1.807, 2.05) is 0 Å². The van der Waals surface area contributed by atoms with Gasteiger partial charge < -0.3 is 0 Å². The maximum Gasteiger partial charge on any atom is 0.203 e. The van der Waals surface area contributed by atoms with Crippen molar-refractivity contribution in [1.29, 1.82) is 0 Å². The molecule has 3 nitrogen and oxygen atoms in total. The van der Waals surface area contributed by atoms with Gasteiger partial charge in [0.15, 0.2) is 4.96 Å². The maximum absolute atomic E-state index is 9.57. The molecular formula is CH3Cl2NO2S. The third-order valence-corrected chi connectivity index (χ3v) is 1.19. The zero-order chi connectivity index (χ0) is 5.86. The fourth-order valence-corrected chi connectivity index (χ4v) is 0.717. The van der Waals surface area contributed by atoms with Gasteiger partial charge in [-0.2, -0.15) is 4.72 Å². The number of thiol groups is 1. The standard InChI is InChI=1S/CH3Cl2NO2S/c2-1(3)4-7(5)6/h1,7H,(H,4,5,6). The molecule has 0 radical (unpaired) electrons. The summed E-state index contributed by atoms with van der Waals surface area (Å²) in [6.07, 6.45) is 0. The number of nitrogens with one attached hydrogen (secondary N) is 1. The van der Waals surface area contributed by atoms with Gasteiger partial charge in [0.2, 0.25) is 10.9 Å². The molecule has 0 unspecified atom stereocenters. The molecule has 0 atom stereocenters. The summed E-state index contributed by atoms with van der Waals surface area (Å²) in [6, 6.07) is 0. The summed E-state index contributed by atoms with van der Waals surface area (Å²) in [7, 11) is -2.65. The normalized spacial score (nSPS) is 10.9. The van der Waals surface area contributed by atoms with Crippen molar-refractivity contribution in [2.75, 3.05) is 0 Å². The predicted molar refractivity (Wildman–Crippen MR) is 28.9 cm³/mol. The van der Waals surface area contributed by atoms with Crippen LogP contribution in [0.15, 0.2) is 0 Å². The van der Waals surface area contributed by atoms with Gasteiger partial charge in [-0.15, -0.1) is 0 Å². The SMILES string of the molecule is O=[SH](=O)NC(Cl)Cl. The molecule has 0 bridgehead atoms. The van der Waals surface area contributed by atoms with Crippen LogP contribution in [0, 0.1) is 0 Å². The molecule has 0 aliphatic carbocycles. The van der Waals surface area contributed by atoms with Gasteiger partial charge in [-0.25, -0.2) is 8.42 Å². The number of rotatable bonds is 2. The van der Waals surface area contributed by atoms with Crippen molar-refractivity contribution in [2.24, 2.45) is 0 Å². The molecule has 0 fully saturated rings. The van der Waals surface area contributed by atoms with Crippen LogP contribution in [0.25, 0.3) is 0 Å². The molecule has 0 saturated heterocycles. The summed E-state index contributed by atoms with van der Waals surface area (Å²) >= 11 is 9.89. The Kier molecular flexibility index (Phi) is 3.73. The predicted octanol–water partition coefficient (Wildman–Crippen LogP) is -0.136. The second-order valence-electron chi connectivity index (χ2n) is 0.687. The summed E-state index contributed by atoms with van der Waals surface area (Å²) in [5.74, 6) is 0. The van der Waals surface area contributed by atoms with Crippen LogP contribution in [0.2, 0.25) is 0 Å². The van der Waals surface area contributed by atoms with Gasteiger partial charge in [0, 0.05) is 0 Å². The van der Waals surface area contributed by atoms with Gasteiger partial charge in [0.25, 0.3) is 0 Å². The van der Waals surface area contributed by atoms with Crippen molar-refractivity contribution < 1.29 is 8.42 Å². The van der Waals surface area contributed by atoms with Crippen molar-refractivity contribution in [3.05, 3.63) is 0 Å². The largest absolute Gasteiger partial charge is 0.215 e. The zero-order valence-electron chi connectivity index (χ0n) is 3.10. The molecule has 1 N–H and O–H groups in total. The number of halogens is 2. The van der Waals surface area contributed by atoms with E-state index in [0.717, 1.165) is 0 Å². The molecule has 0 aliphatic rings. The molecule has 7 heavy (non-hydrogen) atoms. The number of alkyl halides is 2. The van der Waals surface area contributed by atoms with Crippen LogP contribution in [0.1, 0.15) is 0 Å².